The lowest BCUT2D eigenvalue weighted by Crippen LogP contribution is -2.18. The van der Waals surface area contributed by atoms with Gasteiger partial charge < -0.3 is 10.1 Å². The van der Waals surface area contributed by atoms with Gasteiger partial charge >= 0.3 is 0 Å². The highest BCUT2D eigenvalue weighted by atomic mass is 79.9. The van der Waals surface area contributed by atoms with E-state index in [2.05, 4.69) is 44.1 Å². The number of nitrogens with one attached hydrogen (secondary N) is 1. The van der Waals surface area contributed by atoms with Gasteiger partial charge in [-0.1, -0.05) is 12.1 Å². The fourth-order valence-electron chi connectivity index (χ4n) is 1.90. The van der Waals surface area contributed by atoms with Crippen LogP contribution in [0.15, 0.2) is 39.5 Å². The Hall–Kier alpha value is -0.840. The zero-order valence-corrected chi connectivity index (χ0v) is 12.8. The monoisotopic (exact) mass is 325 g/mol. The molecular weight excluding hydrogens is 310 g/mol. The molecule has 2 rings (SSSR count). The highest BCUT2D eigenvalue weighted by Crippen LogP contribution is 2.29. The van der Waals surface area contributed by atoms with E-state index in [1.807, 2.05) is 19.2 Å². The number of halogens is 1. The Morgan fingerprint density at radius 1 is 1.28 bits per heavy atom. The second kappa shape index (κ2) is 6.36. The van der Waals surface area contributed by atoms with Crippen LogP contribution in [0.3, 0.4) is 0 Å². The summed E-state index contributed by atoms with van der Waals surface area (Å²) in [4.78, 5) is 0. The average molecular weight is 326 g/mol. The molecule has 0 saturated carbocycles. The van der Waals surface area contributed by atoms with E-state index in [0.29, 0.717) is 6.04 Å². The van der Waals surface area contributed by atoms with Crippen LogP contribution in [0.5, 0.6) is 5.75 Å². The maximum atomic E-state index is 5.17. The van der Waals surface area contributed by atoms with Gasteiger partial charge in [0.05, 0.1) is 7.11 Å². The molecule has 1 unspecified atom stereocenters. The van der Waals surface area contributed by atoms with Crippen LogP contribution in [0.25, 0.3) is 0 Å². The Morgan fingerprint density at radius 3 is 2.50 bits per heavy atom. The van der Waals surface area contributed by atoms with E-state index in [0.717, 1.165) is 12.2 Å². The van der Waals surface area contributed by atoms with Crippen LogP contribution in [0.1, 0.15) is 17.2 Å². The Balaban J connectivity index is 2.13. The van der Waals surface area contributed by atoms with Gasteiger partial charge in [0.2, 0.25) is 0 Å². The van der Waals surface area contributed by atoms with Gasteiger partial charge in [0.1, 0.15) is 5.75 Å². The van der Waals surface area contributed by atoms with E-state index in [-0.39, 0.29) is 0 Å². The van der Waals surface area contributed by atoms with Crippen molar-refractivity contribution in [3.05, 3.63) is 50.6 Å². The van der Waals surface area contributed by atoms with E-state index in [9.17, 15) is 0 Å². The molecular formula is C14H16BrNOS. The predicted molar refractivity (Wildman–Crippen MR) is 80.5 cm³/mol. The van der Waals surface area contributed by atoms with Crippen molar-refractivity contribution < 1.29 is 4.74 Å². The molecule has 1 heterocycles. The summed E-state index contributed by atoms with van der Waals surface area (Å²) in [6.45, 7) is 0. The predicted octanol–water partition coefficient (Wildman–Crippen LogP) is 4.02. The molecule has 0 radical (unpaired) electrons. The van der Waals surface area contributed by atoms with Crippen molar-refractivity contribution in [3.63, 3.8) is 0 Å². The minimum Gasteiger partial charge on any atom is -0.497 e. The van der Waals surface area contributed by atoms with Gasteiger partial charge in [-0.2, -0.15) is 11.3 Å². The number of rotatable bonds is 5. The van der Waals surface area contributed by atoms with Crippen LogP contribution in [0.4, 0.5) is 0 Å². The average Bonchev–Trinajstić information content (AvgIpc) is 2.83. The molecule has 0 aliphatic heterocycles. The molecule has 1 N–H and O–H groups in total. The van der Waals surface area contributed by atoms with Gasteiger partial charge in [-0.3, -0.25) is 0 Å². The standard InChI is InChI=1S/C14H16BrNOS/c1-16-14(12-8-18-9-13(12)15)7-10-3-5-11(17-2)6-4-10/h3-6,8-9,14,16H,7H2,1-2H3. The molecule has 4 heteroatoms. The van der Waals surface area contributed by atoms with Crippen LogP contribution in [-0.2, 0) is 6.42 Å². The lowest BCUT2D eigenvalue weighted by Gasteiger charge is -2.16. The summed E-state index contributed by atoms with van der Waals surface area (Å²) in [5.41, 5.74) is 2.62. The fraction of sp³-hybridized carbons (Fsp3) is 0.286. The number of benzene rings is 1. The first-order chi connectivity index (χ1) is 8.74. The second-order valence-electron chi connectivity index (χ2n) is 4.07. The van der Waals surface area contributed by atoms with Crippen molar-refractivity contribution in [2.75, 3.05) is 14.2 Å². The SMILES string of the molecule is CNC(Cc1ccc(OC)cc1)c1cscc1Br. The van der Waals surface area contributed by atoms with Gasteiger partial charge in [0.15, 0.2) is 0 Å². The summed E-state index contributed by atoms with van der Waals surface area (Å²) in [6, 6.07) is 8.57. The van der Waals surface area contributed by atoms with Crippen molar-refractivity contribution in [1.82, 2.24) is 5.32 Å². The van der Waals surface area contributed by atoms with Gasteiger partial charge in [-0.25, -0.2) is 0 Å². The molecule has 18 heavy (non-hydrogen) atoms. The summed E-state index contributed by atoms with van der Waals surface area (Å²) < 4.78 is 6.35. The number of methoxy groups -OCH3 is 1. The summed E-state index contributed by atoms with van der Waals surface area (Å²) in [6.07, 6.45) is 0.968. The summed E-state index contributed by atoms with van der Waals surface area (Å²) >= 11 is 5.31. The molecule has 0 amide bonds. The lowest BCUT2D eigenvalue weighted by molar-refractivity contribution is 0.414. The Labute approximate surface area is 120 Å². The molecule has 0 spiro atoms. The van der Waals surface area contributed by atoms with Gasteiger partial charge in [-0.15, -0.1) is 0 Å². The molecule has 0 saturated heterocycles. The van der Waals surface area contributed by atoms with Crippen molar-refractivity contribution in [1.29, 1.82) is 0 Å². The summed E-state index contributed by atoms with van der Waals surface area (Å²) in [5.74, 6) is 0.900. The maximum Gasteiger partial charge on any atom is 0.118 e. The minimum atomic E-state index is 0.332. The van der Waals surface area contributed by atoms with Crippen LogP contribution >= 0.6 is 27.3 Å². The van der Waals surface area contributed by atoms with Crippen LogP contribution in [0.2, 0.25) is 0 Å². The third-order valence-electron chi connectivity index (χ3n) is 2.97. The van der Waals surface area contributed by atoms with Gasteiger partial charge in [0, 0.05) is 15.9 Å². The van der Waals surface area contributed by atoms with Crippen molar-refractivity contribution in [2.45, 2.75) is 12.5 Å². The molecule has 0 bridgehead atoms. The minimum absolute atomic E-state index is 0.332. The second-order valence-corrected chi connectivity index (χ2v) is 5.67. The zero-order chi connectivity index (χ0) is 13.0. The normalized spacial score (nSPS) is 12.4. The third kappa shape index (κ3) is 3.13. The Bertz CT molecular complexity index is 495. The maximum absolute atomic E-state index is 5.17. The summed E-state index contributed by atoms with van der Waals surface area (Å²) in [7, 11) is 3.69. The first kappa shape index (κ1) is 13.6. The van der Waals surface area contributed by atoms with Crippen LogP contribution in [0, 0.1) is 0 Å². The first-order valence-electron chi connectivity index (χ1n) is 5.76. The van der Waals surface area contributed by atoms with E-state index in [1.165, 1.54) is 15.6 Å². The molecule has 0 aliphatic rings. The highest BCUT2D eigenvalue weighted by molar-refractivity contribution is 9.10. The first-order valence-corrected chi connectivity index (χ1v) is 7.50. The molecule has 2 nitrogen and oxygen atoms in total. The topological polar surface area (TPSA) is 21.3 Å². The van der Waals surface area contributed by atoms with E-state index in [4.69, 9.17) is 4.74 Å². The van der Waals surface area contributed by atoms with E-state index >= 15 is 0 Å². The number of hydrogen-bond acceptors (Lipinski definition) is 3. The third-order valence-corrected chi connectivity index (χ3v) is 4.72. The number of ether oxygens (including phenoxy) is 1. The van der Waals surface area contributed by atoms with Gasteiger partial charge in [0.25, 0.3) is 0 Å². The molecule has 1 atom stereocenters. The molecule has 1 aromatic heterocycles. The van der Waals surface area contributed by atoms with Crippen molar-refractivity contribution >= 4 is 27.3 Å². The van der Waals surface area contributed by atoms with E-state index < -0.39 is 0 Å². The largest absolute Gasteiger partial charge is 0.497 e. The fourth-order valence-corrected chi connectivity index (χ4v) is 3.53. The smallest absolute Gasteiger partial charge is 0.118 e. The molecule has 0 fully saturated rings. The van der Waals surface area contributed by atoms with E-state index in [1.54, 1.807) is 18.4 Å². The van der Waals surface area contributed by atoms with Gasteiger partial charge in [-0.05, 0) is 58.0 Å². The number of thiophene rings is 1. The Kier molecular flexibility index (Phi) is 4.80. The highest BCUT2D eigenvalue weighted by Gasteiger charge is 2.14. The molecule has 1 aromatic carbocycles. The quantitative estimate of drug-likeness (QED) is 0.896. The molecule has 96 valence electrons. The van der Waals surface area contributed by atoms with Crippen LogP contribution < -0.4 is 10.1 Å². The molecule has 0 aliphatic carbocycles. The lowest BCUT2D eigenvalue weighted by atomic mass is 10.0. The molecule has 2 aromatic rings. The zero-order valence-electron chi connectivity index (χ0n) is 10.4. The summed E-state index contributed by atoms with van der Waals surface area (Å²) in [5, 5.41) is 7.68. The number of hydrogen-bond donors (Lipinski definition) is 1. The van der Waals surface area contributed by atoms with Crippen molar-refractivity contribution in [2.24, 2.45) is 0 Å². The van der Waals surface area contributed by atoms with Crippen LogP contribution in [-0.4, -0.2) is 14.2 Å². The number of likely N-dealkylation sites (N-methyl/N-ethyl adjacent to an activating group) is 1. The van der Waals surface area contributed by atoms with Crippen molar-refractivity contribution in [3.8, 4) is 5.75 Å². The Morgan fingerprint density at radius 2 is 2.00 bits per heavy atom.